The molecule has 0 radical (unpaired) electrons. The maximum atomic E-state index is 13.0. The summed E-state index contributed by atoms with van der Waals surface area (Å²) >= 11 is 0. The van der Waals surface area contributed by atoms with Crippen LogP contribution in [0.3, 0.4) is 0 Å². The lowest BCUT2D eigenvalue weighted by Gasteiger charge is -2.32. The number of hydrogen-bond donors (Lipinski definition) is 4. The molecule has 0 saturated heterocycles. The monoisotopic (exact) mass is 386 g/mol. The van der Waals surface area contributed by atoms with E-state index in [2.05, 4.69) is 10.1 Å². The quantitative estimate of drug-likeness (QED) is 0.434. The zero-order valence-corrected chi connectivity index (χ0v) is 15.9. The fourth-order valence-electron chi connectivity index (χ4n) is 3.49. The van der Waals surface area contributed by atoms with Crippen molar-refractivity contribution in [1.82, 2.24) is 10.1 Å². The van der Waals surface area contributed by atoms with Gasteiger partial charge < -0.3 is 15.0 Å². The van der Waals surface area contributed by atoms with Gasteiger partial charge in [-0.1, -0.05) is 61.9 Å². The topological polar surface area (TPSA) is 102 Å². The maximum absolute atomic E-state index is 13.0. The third kappa shape index (κ3) is 3.98. The Morgan fingerprint density at radius 2 is 1.81 bits per heavy atom. The normalized spacial score (nSPS) is 15.9. The van der Waals surface area contributed by atoms with Crippen molar-refractivity contribution in [3.05, 3.63) is 71.9 Å². The number of carbonyl (C=O) groups is 1. The molecule has 3 rings (SSSR count). The molecule has 0 fully saturated rings. The van der Waals surface area contributed by atoms with Gasteiger partial charge in [0.15, 0.2) is 5.54 Å². The molecule has 1 heterocycles. The van der Waals surface area contributed by atoms with Gasteiger partial charge in [-0.3, -0.25) is 4.57 Å². The Kier molecular flexibility index (Phi) is 5.51. The Morgan fingerprint density at radius 1 is 1.15 bits per heavy atom. The Morgan fingerprint density at radius 3 is 2.48 bits per heavy atom. The maximum Gasteiger partial charge on any atom is 0.329 e. The van der Waals surface area contributed by atoms with E-state index < -0.39 is 19.0 Å². The van der Waals surface area contributed by atoms with Crippen LogP contribution in [0.1, 0.15) is 30.9 Å². The van der Waals surface area contributed by atoms with Crippen LogP contribution in [-0.4, -0.2) is 21.0 Å². The number of rotatable bonds is 8. The molecule has 3 aromatic rings. The van der Waals surface area contributed by atoms with E-state index in [0.29, 0.717) is 17.5 Å². The first-order valence-corrected chi connectivity index (χ1v) is 10.7. The minimum Gasteiger partial charge on any atom is -0.480 e. The molecule has 4 N–H and O–H groups in total. The number of fused-ring (bicyclic) bond motifs is 1. The first-order chi connectivity index (χ1) is 12.9. The van der Waals surface area contributed by atoms with Gasteiger partial charge in [-0.2, -0.15) is 0 Å². The van der Waals surface area contributed by atoms with Gasteiger partial charge in [-0.25, -0.2) is 9.88 Å². The summed E-state index contributed by atoms with van der Waals surface area (Å²) in [7, 11) is -3.98. The molecule has 1 aromatic heterocycles. The molecule has 0 spiro atoms. The highest BCUT2D eigenvalue weighted by Crippen LogP contribution is 2.47. The van der Waals surface area contributed by atoms with Gasteiger partial charge in [0.1, 0.15) is 0 Å². The summed E-state index contributed by atoms with van der Waals surface area (Å²) in [5, 5.41) is 13.5. The van der Waals surface area contributed by atoms with Crippen LogP contribution in [0.2, 0.25) is 0 Å². The van der Waals surface area contributed by atoms with Crippen LogP contribution in [0.25, 0.3) is 10.9 Å². The van der Waals surface area contributed by atoms with Gasteiger partial charge in [-0.15, -0.1) is 0 Å². The third-order valence-electron chi connectivity index (χ3n) is 4.64. The van der Waals surface area contributed by atoms with Gasteiger partial charge in [-0.05, 0) is 18.1 Å². The van der Waals surface area contributed by atoms with E-state index in [-0.39, 0.29) is 12.6 Å². The predicted molar refractivity (Wildman–Crippen MR) is 106 cm³/mol. The average Bonchev–Trinajstić information content (AvgIpc) is 3.06. The molecular weight excluding hydrogens is 363 g/mol. The van der Waals surface area contributed by atoms with Crippen molar-refractivity contribution in [2.75, 3.05) is 0 Å². The Balaban J connectivity index is 2.05. The van der Waals surface area contributed by atoms with Crippen molar-refractivity contribution in [2.45, 2.75) is 31.5 Å². The molecule has 2 aromatic carbocycles. The number of carboxylic acids is 1. The number of benzene rings is 2. The highest BCUT2D eigenvalue weighted by atomic mass is 31.2. The van der Waals surface area contributed by atoms with Crippen LogP contribution >= 0.6 is 7.52 Å². The lowest BCUT2D eigenvalue weighted by molar-refractivity contribution is -0.145. The van der Waals surface area contributed by atoms with Crippen molar-refractivity contribution in [2.24, 2.45) is 0 Å². The number of carboxylic acid groups (broad SMARTS) is 1. The van der Waals surface area contributed by atoms with Crippen molar-refractivity contribution in [3.63, 3.8) is 0 Å². The largest absolute Gasteiger partial charge is 0.480 e. The van der Waals surface area contributed by atoms with Gasteiger partial charge >= 0.3 is 5.97 Å². The zero-order valence-electron chi connectivity index (χ0n) is 15.1. The SMILES string of the molecule is CCCC(NP(=O)(O)Cc1ccccc1)(C(=O)O)c1c[nH]c2ccccc12. The molecule has 27 heavy (non-hydrogen) atoms. The molecule has 2 atom stereocenters. The van der Waals surface area contributed by atoms with E-state index in [1.165, 1.54) is 0 Å². The van der Waals surface area contributed by atoms with Crippen molar-refractivity contribution in [1.29, 1.82) is 0 Å². The van der Waals surface area contributed by atoms with Crippen LogP contribution in [0.5, 0.6) is 0 Å². The average molecular weight is 386 g/mol. The fraction of sp³-hybridized carbons (Fsp3) is 0.250. The van der Waals surface area contributed by atoms with E-state index in [9.17, 15) is 19.4 Å². The lowest BCUT2D eigenvalue weighted by atomic mass is 9.86. The Labute approximate surface area is 157 Å². The summed E-state index contributed by atoms with van der Waals surface area (Å²) < 4.78 is 13.0. The number of nitrogens with one attached hydrogen (secondary N) is 2. The highest BCUT2D eigenvalue weighted by Gasteiger charge is 2.45. The molecule has 0 aliphatic heterocycles. The second-order valence-electron chi connectivity index (χ2n) is 6.67. The molecule has 142 valence electrons. The number of aliphatic carboxylic acids is 1. The minimum atomic E-state index is -3.98. The predicted octanol–water partition coefficient (Wildman–Crippen LogP) is 4.22. The molecule has 2 unspecified atom stereocenters. The molecule has 0 aliphatic carbocycles. The zero-order chi connectivity index (χ0) is 19.5. The Bertz CT molecular complexity index is 986. The van der Waals surface area contributed by atoms with Crippen molar-refractivity contribution in [3.8, 4) is 0 Å². The third-order valence-corrected chi connectivity index (χ3v) is 6.17. The second-order valence-corrected chi connectivity index (χ2v) is 8.61. The summed E-state index contributed by atoms with van der Waals surface area (Å²) in [6.45, 7) is 1.85. The number of para-hydroxylation sites is 1. The standard InChI is InChI=1S/C20H23N2O4P/c1-2-12-20(19(23)24,17-13-21-18-11-7-6-10-16(17)18)22-27(25,26)14-15-8-4-3-5-9-15/h3-11,13,21H,2,12,14H2,1H3,(H,23,24)(H2,22,25,26). The summed E-state index contributed by atoms with van der Waals surface area (Å²) in [5.41, 5.74) is 0.264. The highest BCUT2D eigenvalue weighted by molar-refractivity contribution is 7.55. The summed E-state index contributed by atoms with van der Waals surface area (Å²) in [6.07, 6.45) is 2.19. The van der Waals surface area contributed by atoms with Crippen LogP contribution in [0, 0.1) is 0 Å². The first kappa shape index (κ1) is 19.4. The van der Waals surface area contributed by atoms with Gasteiger partial charge in [0.25, 0.3) is 7.52 Å². The molecule has 0 bridgehead atoms. The van der Waals surface area contributed by atoms with Crippen LogP contribution in [-0.2, 0) is 21.1 Å². The number of aromatic amines is 1. The van der Waals surface area contributed by atoms with Crippen LogP contribution in [0.15, 0.2) is 60.8 Å². The van der Waals surface area contributed by atoms with E-state index in [0.717, 1.165) is 10.9 Å². The number of aromatic nitrogens is 1. The smallest absolute Gasteiger partial charge is 0.329 e. The van der Waals surface area contributed by atoms with E-state index in [1.807, 2.05) is 37.3 Å². The summed E-state index contributed by atoms with van der Waals surface area (Å²) in [4.78, 5) is 26.1. The van der Waals surface area contributed by atoms with Gasteiger partial charge in [0.2, 0.25) is 0 Å². The van der Waals surface area contributed by atoms with E-state index >= 15 is 0 Å². The molecule has 0 aliphatic rings. The Hall–Kier alpha value is -2.40. The minimum absolute atomic E-state index is 0.144. The number of H-pyrrole nitrogens is 1. The van der Waals surface area contributed by atoms with Gasteiger partial charge in [0, 0.05) is 22.7 Å². The van der Waals surface area contributed by atoms with Gasteiger partial charge in [0.05, 0.1) is 6.16 Å². The lowest BCUT2D eigenvalue weighted by Crippen LogP contribution is -2.47. The number of hydrogen-bond acceptors (Lipinski definition) is 2. The molecule has 0 saturated carbocycles. The van der Waals surface area contributed by atoms with E-state index in [4.69, 9.17) is 0 Å². The molecule has 0 amide bonds. The van der Waals surface area contributed by atoms with Crippen molar-refractivity contribution < 1.29 is 19.4 Å². The van der Waals surface area contributed by atoms with Crippen LogP contribution in [0.4, 0.5) is 0 Å². The summed E-state index contributed by atoms with van der Waals surface area (Å²) in [6, 6.07) is 16.2. The fourth-order valence-corrected chi connectivity index (χ4v) is 5.20. The summed E-state index contributed by atoms with van der Waals surface area (Å²) in [5.74, 6) is -1.17. The molecule has 6 nitrogen and oxygen atoms in total. The second kappa shape index (κ2) is 7.69. The molecule has 7 heteroatoms. The first-order valence-electron chi connectivity index (χ1n) is 8.83. The van der Waals surface area contributed by atoms with Crippen LogP contribution < -0.4 is 5.09 Å². The van der Waals surface area contributed by atoms with Crippen molar-refractivity contribution >= 4 is 24.4 Å². The molecular formula is C20H23N2O4P. The van der Waals surface area contributed by atoms with E-state index in [1.54, 1.807) is 30.5 Å².